The average Bonchev–Trinajstić information content (AvgIpc) is 2.26. The summed E-state index contributed by atoms with van der Waals surface area (Å²) in [5.41, 5.74) is 6.09. The third-order valence-corrected chi connectivity index (χ3v) is 1.95. The van der Waals surface area contributed by atoms with Crippen molar-refractivity contribution < 1.29 is 19.8 Å². The number of carboxylic acids is 1. The highest BCUT2D eigenvalue weighted by Crippen LogP contribution is 2.14. The quantitative estimate of drug-likeness (QED) is 0.609. The molecule has 0 radical (unpaired) electrons. The van der Waals surface area contributed by atoms with E-state index in [0.29, 0.717) is 5.56 Å². The molecule has 1 aromatic carbocycles. The maximum Gasteiger partial charge on any atom is 0.322 e. The number of hydrogen-bond donors (Lipinski definition) is 4. The molecule has 1 atom stereocenters. The van der Waals surface area contributed by atoms with Gasteiger partial charge in [-0.15, -0.1) is 12.4 Å². The number of phenols is 1. The van der Waals surface area contributed by atoms with E-state index in [2.05, 4.69) is 5.32 Å². The first-order valence-corrected chi connectivity index (χ1v) is 4.54. The van der Waals surface area contributed by atoms with Gasteiger partial charge in [-0.2, -0.15) is 0 Å². The Morgan fingerprint density at radius 1 is 1.29 bits per heavy atom. The number of halogens is 1. The molecule has 7 heteroatoms. The summed E-state index contributed by atoms with van der Waals surface area (Å²) < 4.78 is 0. The number of phenolic OH excluding ortho intramolecular Hbond substituents is 1. The van der Waals surface area contributed by atoms with Crippen molar-refractivity contribution in [3.63, 3.8) is 0 Å². The van der Waals surface area contributed by atoms with Gasteiger partial charge < -0.3 is 21.3 Å². The van der Waals surface area contributed by atoms with E-state index < -0.39 is 24.5 Å². The molecule has 0 bridgehead atoms. The third-order valence-electron chi connectivity index (χ3n) is 1.95. The van der Waals surface area contributed by atoms with Crippen molar-refractivity contribution in [2.45, 2.75) is 6.04 Å². The number of rotatable bonds is 4. The number of carbonyl (C=O) groups excluding carboxylic acids is 1. The molecule has 0 saturated heterocycles. The maximum absolute atomic E-state index is 11.4. The smallest absolute Gasteiger partial charge is 0.322 e. The molecule has 17 heavy (non-hydrogen) atoms. The molecule has 1 amide bonds. The van der Waals surface area contributed by atoms with Gasteiger partial charge in [0.05, 0.1) is 0 Å². The van der Waals surface area contributed by atoms with Crippen LogP contribution in [0, 0.1) is 0 Å². The lowest BCUT2D eigenvalue weighted by Crippen LogP contribution is -2.37. The number of amides is 1. The fraction of sp³-hybridized carbons (Fsp3) is 0.200. The number of aliphatic carboxylic acids is 1. The summed E-state index contributed by atoms with van der Waals surface area (Å²) in [5.74, 6) is -1.64. The minimum atomic E-state index is -1.13. The molecule has 5 N–H and O–H groups in total. The molecular weight excluding hydrogens is 248 g/mol. The summed E-state index contributed by atoms with van der Waals surface area (Å²) in [7, 11) is 0. The second-order valence-corrected chi connectivity index (χ2v) is 3.18. The second kappa shape index (κ2) is 6.72. The van der Waals surface area contributed by atoms with Crippen LogP contribution in [0.2, 0.25) is 0 Å². The second-order valence-electron chi connectivity index (χ2n) is 3.18. The first-order valence-electron chi connectivity index (χ1n) is 4.54. The largest absolute Gasteiger partial charge is 0.508 e. The Balaban J connectivity index is 0.00000256. The van der Waals surface area contributed by atoms with Crippen molar-refractivity contribution >= 4 is 24.3 Å². The Morgan fingerprint density at radius 2 is 1.82 bits per heavy atom. The summed E-state index contributed by atoms with van der Waals surface area (Å²) in [4.78, 5) is 21.6. The molecule has 0 spiro atoms. The molecule has 6 nitrogen and oxygen atoms in total. The van der Waals surface area contributed by atoms with Crippen molar-refractivity contribution in [2.75, 3.05) is 6.54 Å². The van der Waals surface area contributed by atoms with E-state index in [1.165, 1.54) is 24.3 Å². The normalized spacial score (nSPS) is 11.1. The predicted molar refractivity (Wildman–Crippen MR) is 62.9 cm³/mol. The minimum absolute atomic E-state index is 0. The number of carboxylic acid groups (broad SMARTS) is 1. The Kier molecular flexibility index (Phi) is 6.01. The number of nitrogens with two attached hydrogens (primary N) is 1. The molecule has 0 aliphatic carbocycles. The molecule has 0 aliphatic heterocycles. The lowest BCUT2D eigenvalue weighted by molar-refractivity contribution is -0.138. The Hall–Kier alpha value is -1.79. The summed E-state index contributed by atoms with van der Waals surface area (Å²) in [6.45, 7) is -0.468. The molecule has 1 unspecified atom stereocenters. The zero-order chi connectivity index (χ0) is 12.1. The van der Waals surface area contributed by atoms with Gasteiger partial charge in [-0.1, -0.05) is 12.1 Å². The van der Waals surface area contributed by atoms with Crippen molar-refractivity contribution in [3.05, 3.63) is 29.8 Å². The van der Waals surface area contributed by atoms with Gasteiger partial charge in [0.2, 0.25) is 5.91 Å². The molecule has 0 heterocycles. The highest BCUT2D eigenvalue weighted by Gasteiger charge is 2.15. The zero-order valence-corrected chi connectivity index (χ0v) is 9.61. The van der Waals surface area contributed by atoms with Crippen molar-refractivity contribution in [1.82, 2.24) is 5.32 Å². The van der Waals surface area contributed by atoms with Crippen LogP contribution in [0.3, 0.4) is 0 Å². The maximum atomic E-state index is 11.4. The number of aromatic hydroxyl groups is 1. The van der Waals surface area contributed by atoms with Crippen LogP contribution in [0.1, 0.15) is 11.6 Å². The van der Waals surface area contributed by atoms with Crippen LogP contribution in [-0.4, -0.2) is 28.6 Å². The Labute approximate surface area is 104 Å². The fourth-order valence-corrected chi connectivity index (χ4v) is 1.11. The summed E-state index contributed by atoms with van der Waals surface area (Å²) in [6.07, 6.45) is 0. The number of hydrogen-bond acceptors (Lipinski definition) is 4. The topological polar surface area (TPSA) is 113 Å². The summed E-state index contributed by atoms with van der Waals surface area (Å²) >= 11 is 0. The van der Waals surface area contributed by atoms with E-state index >= 15 is 0 Å². The number of carbonyl (C=O) groups is 2. The van der Waals surface area contributed by atoms with Crippen LogP contribution in [0.4, 0.5) is 0 Å². The highest BCUT2D eigenvalue weighted by molar-refractivity contribution is 5.86. The van der Waals surface area contributed by atoms with Crippen molar-refractivity contribution in [1.29, 1.82) is 0 Å². The summed E-state index contributed by atoms with van der Waals surface area (Å²) in [6, 6.07) is 4.86. The monoisotopic (exact) mass is 260 g/mol. The van der Waals surface area contributed by atoms with E-state index in [0.717, 1.165) is 0 Å². The molecule has 0 saturated carbocycles. The SMILES string of the molecule is Cl.NC(C(=O)NCC(=O)O)c1ccc(O)cc1. The standard InChI is InChI=1S/C10H12N2O4.ClH/c11-9(10(16)12-5-8(14)15)6-1-3-7(13)4-2-6;/h1-4,9,13H,5,11H2,(H,12,16)(H,14,15);1H. The highest BCUT2D eigenvalue weighted by atomic mass is 35.5. The lowest BCUT2D eigenvalue weighted by atomic mass is 10.1. The van der Waals surface area contributed by atoms with Gasteiger partial charge in [0.1, 0.15) is 18.3 Å². The van der Waals surface area contributed by atoms with E-state index in [4.69, 9.17) is 15.9 Å². The molecular formula is C10H13ClN2O4. The van der Waals surface area contributed by atoms with Crippen LogP contribution in [0.5, 0.6) is 5.75 Å². The molecule has 1 aromatic rings. The van der Waals surface area contributed by atoms with E-state index in [1.54, 1.807) is 0 Å². The van der Waals surface area contributed by atoms with Gasteiger partial charge in [0.15, 0.2) is 0 Å². The van der Waals surface area contributed by atoms with Crippen LogP contribution >= 0.6 is 12.4 Å². The van der Waals surface area contributed by atoms with Crippen molar-refractivity contribution in [2.24, 2.45) is 5.73 Å². The third kappa shape index (κ3) is 4.71. The number of benzene rings is 1. The predicted octanol–water partition coefficient (Wildman–Crippen LogP) is 0.0146. The van der Waals surface area contributed by atoms with Gasteiger partial charge in [-0.05, 0) is 17.7 Å². The van der Waals surface area contributed by atoms with Crippen LogP contribution in [0.15, 0.2) is 24.3 Å². The van der Waals surface area contributed by atoms with Crippen LogP contribution < -0.4 is 11.1 Å². The Bertz CT molecular complexity index is 394. The van der Waals surface area contributed by atoms with Crippen molar-refractivity contribution in [3.8, 4) is 5.75 Å². The molecule has 1 rings (SSSR count). The molecule has 0 aliphatic rings. The van der Waals surface area contributed by atoms with Gasteiger partial charge in [-0.25, -0.2) is 0 Å². The lowest BCUT2D eigenvalue weighted by Gasteiger charge is -2.11. The molecule has 0 fully saturated rings. The summed E-state index contributed by atoms with van der Waals surface area (Å²) in [5, 5.41) is 19.6. The zero-order valence-electron chi connectivity index (χ0n) is 8.79. The van der Waals surface area contributed by atoms with Gasteiger partial charge in [-0.3, -0.25) is 9.59 Å². The fourth-order valence-electron chi connectivity index (χ4n) is 1.11. The first kappa shape index (κ1) is 15.2. The Morgan fingerprint density at radius 3 is 2.29 bits per heavy atom. The molecule has 94 valence electrons. The van der Waals surface area contributed by atoms with E-state index in [1.807, 2.05) is 0 Å². The van der Waals surface area contributed by atoms with Gasteiger partial charge in [0.25, 0.3) is 0 Å². The van der Waals surface area contributed by atoms with Gasteiger partial charge in [0, 0.05) is 0 Å². The first-order chi connectivity index (χ1) is 7.50. The van der Waals surface area contributed by atoms with Crippen LogP contribution in [0.25, 0.3) is 0 Å². The van der Waals surface area contributed by atoms with E-state index in [-0.39, 0.29) is 18.2 Å². The molecule has 0 aromatic heterocycles. The van der Waals surface area contributed by atoms with Gasteiger partial charge >= 0.3 is 5.97 Å². The minimum Gasteiger partial charge on any atom is -0.508 e. The number of nitrogens with one attached hydrogen (secondary N) is 1. The average molecular weight is 261 g/mol. The van der Waals surface area contributed by atoms with Crippen LogP contribution in [-0.2, 0) is 9.59 Å². The van der Waals surface area contributed by atoms with E-state index in [9.17, 15) is 9.59 Å².